The minimum absolute atomic E-state index is 0.0970. The highest BCUT2D eigenvalue weighted by Crippen LogP contribution is 2.46. The minimum Gasteiger partial charge on any atom is -0.388 e. The van der Waals surface area contributed by atoms with Crippen molar-refractivity contribution < 1.29 is 14.9 Å². The van der Waals surface area contributed by atoms with Crippen molar-refractivity contribution in [3.63, 3.8) is 0 Å². The van der Waals surface area contributed by atoms with E-state index in [2.05, 4.69) is 78.1 Å². The number of aliphatic hydroxyl groups excluding tert-OH is 2. The first-order valence-corrected chi connectivity index (χ1v) is 14.6. The predicted octanol–water partition coefficient (Wildman–Crippen LogP) is 3.37. The number of benzene rings is 1. The summed E-state index contributed by atoms with van der Waals surface area (Å²) in [5, 5.41) is 25.7. The van der Waals surface area contributed by atoms with Gasteiger partial charge in [0.1, 0.15) is 29.9 Å². The van der Waals surface area contributed by atoms with Gasteiger partial charge in [0.25, 0.3) is 0 Å². The Morgan fingerprint density at radius 1 is 1.17 bits per heavy atom. The quantitative estimate of drug-likeness (QED) is 0.217. The van der Waals surface area contributed by atoms with Crippen LogP contribution in [-0.2, 0) is 16.6 Å². The normalized spacial score (nSPS) is 28.6. The maximum Gasteiger partial charge on any atom is 0.167 e. The second-order valence-electron chi connectivity index (χ2n) is 13.4. The third kappa shape index (κ3) is 5.31. The van der Waals surface area contributed by atoms with Crippen LogP contribution in [0.25, 0.3) is 22.2 Å². The molecule has 6 rings (SSSR count). The largest absolute Gasteiger partial charge is 0.388 e. The van der Waals surface area contributed by atoms with E-state index >= 15 is 0 Å². The summed E-state index contributed by atoms with van der Waals surface area (Å²) in [6.45, 7) is 10.9. The van der Waals surface area contributed by atoms with Gasteiger partial charge in [-0.05, 0) is 54.7 Å². The first kappa shape index (κ1) is 28.0. The summed E-state index contributed by atoms with van der Waals surface area (Å²) in [5.74, 6) is 1.82. The Labute approximate surface area is 240 Å². The van der Waals surface area contributed by atoms with Gasteiger partial charge in [-0.2, -0.15) is 0 Å². The molecule has 220 valence electrons. The van der Waals surface area contributed by atoms with E-state index in [1.54, 1.807) is 4.57 Å². The number of anilines is 1. The molecule has 3 aromatic heterocycles. The molecule has 1 saturated carbocycles. The van der Waals surface area contributed by atoms with Crippen LogP contribution in [0.3, 0.4) is 0 Å². The summed E-state index contributed by atoms with van der Waals surface area (Å²) < 4.78 is 7.92. The number of aryl methyl sites for hydroxylation is 1. The van der Waals surface area contributed by atoms with Crippen molar-refractivity contribution in [3.05, 3.63) is 42.2 Å². The van der Waals surface area contributed by atoms with Crippen LogP contribution >= 0.6 is 0 Å². The van der Waals surface area contributed by atoms with Crippen molar-refractivity contribution in [2.24, 2.45) is 5.92 Å². The molecule has 1 aliphatic heterocycles. The summed E-state index contributed by atoms with van der Waals surface area (Å²) in [5.41, 5.74) is 10.2. The molecule has 2 fully saturated rings. The van der Waals surface area contributed by atoms with Crippen LogP contribution in [-0.4, -0.2) is 69.6 Å². The van der Waals surface area contributed by atoms with Crippen molar-refractivity contribution in [2.75, 3.05) is 5.73 Å². The number of aromatic amines is 1. The Morgan fingerprint density at radius 2 is 1.95 bits per heavy atom. The zero-order valence-electron chi connectivity index (χ0n) is 24.5. The molecule has 2 unspecified atom stereocenters. The van der Waals surface area contributed by atoms with Gasteiger partial charge in [-0.3, -0.25) is 4.57 Å². The first-order chi connectivity index (χ1) is 19.4. The van der Waals surface area contributed by atoms with Crippen molar-refractivity contribution in [1.82, 2.24) is 34.8 Å². The molecule has 1 saturated heterocycles. The summed E-state index contributed by atoms with van der Waals surface area (Å²) in [6, 6.07) is 6.78. The molecule has 4 aromatic rings. The summed E-state index contributed by atoms with van der Waals surface area (Å²) >= 11 is 0. The Kier molecular flexibility index (Phi) is 7.04. The number of ether oxygens (including phenoxy) is 1. The molecule has 0 radical (unpaired) electrons. The predicted molar refractivity (Wildman–Crippen MR) is 157 cm³/mol. The lowest BCUT2D eigenvalue weighted by atomic mass is 9.63. The Morgan fingerprint density at radius 3 is 2.68 bits per heavy atom. The Balaban J connectivity index is 1.11. The third-order valence-corrected chi connectivity index (χ3v) is 8.73. The van der Waals surface area contributed by atoms with Gasteiger partial charge >= 0.3 is 0 Å². The molecule has 0 spiro atoms. The van der Waals surface area contributed by atoms with Crippen LogP contribution in [0.1, 0.15) is 77.9 Å². The second-order valence-corrected chi connectivity index (χ2v) is 13.4. The number of aromatic nitrogens is 6. The molecule has 2 aliphatic rings. The topological polar surface area (TPSA) is 160 Å². The number of H-pyrrole nitrogens is 1. The lowest BCUT2D eigenvalue weighted by molar-refractivity contribution is -0.0601. The van der Waals surface area contributed by atoms with Crippen LogP contribution in [0.2, 0.25) is 0 Å². The van der Waals surface area contributed by atoms with E-state index in [0.717, 1.165) is 42.5 Å². The number of aliphatic hydroxyl groups is 2. The molecular formula is C30H42N8O3. The highest BCUT2D eigenvalue weighted by Gasteiger charge is 2.51. The van der Waals surface area contributed by atoms with Gasteiger partial charge in [0.05, 0.1) is 23.5 Å². The van der Waals surface area contributed by atoms with Gasteiger partial charge in [0.15, 0.2) is 17.7 Å². The average molecular weight is 563 g/mol. The van der Waals surface area contributed by atoms with E-state index in [1.807, 2.05) is 0 Å². The summed E-state index contributed by atoms with van der Waals surface area (Å²) in [6.07, 6.45) is 3.87. The lowest BCUT2D eigenvalue weighted by Gasteiger charge is -2.51. The number of rotatable bonds is 8. The van der Waals surface area contributed by atoms with E-state index in [9.17, 15) is 10.2 Å². The molecule has 6 N–H and O–H groups in total. The van der Waals surface area contributed by atoms with Gasteiger partial charge in [-0.15, -0.1) is 0 Å². The fourth-order valence-corrected chi connectivity index (χ4v) is 6.76. The fourth-order valence-electron chi connectivity index (χ4n) is 6.76. The molecular weight excluding hydrogens is 520 g/mol. The highest BCUT2D eigenvalue weighted by atomic mass is 16.6. The van der Waals surface area contributed by atoms with Crippen molar-refractivity contribution >= 4 is 28.0 Å². The van der Waals surface area contributed by atoms with Gasteiger partial charge in [-0.1, -0.05) is 40.7 Å². The van der Waals surface area contributed by atoms with E-state index in [4.69, 9.17) is 15.5 Å². The lowest BCUT2D eigenvalue weighted by Crippen LogP contribution is -2.59. The first-order valence-electron chi connectivity index (χ1n) is 14.6. The van der Waals surface area contributed by atoms with E-state index in [-0.39, 0.29) is 22.8 Å². The highest BCUT2D eigenvalue weighted by molar-refractivity contribution is 5.81. The van der Waals surface area contributed by atoms with Crippen LogP contribution in [0.15, 0.2) is 30.9 Å². The number of nitrogen functional groups attached to an aromatic ring is 1. The standard InChI is InChI=1S/C30H42N8O3/c1-16(2)37-30(11-17(12-30)6-9-22-35-19-8-7-18(29(3,4)5)10-20(19)36-22)13-21-24(39)25(40)28(41-21)38-15-34-23-26(31)32-14-33-27(23)38/h7-8,10,14-17,21,24-25,28,37,39-40H,6,9,11-13H2,1-5H3,(H,35,36)(H2,31,32,33)/t17?,21-,24?,25?,28-,30?/m1/s1. The Hall–Kier alpha value is -3.12. The van der Waals surface area contributed by atoms with Crippen molar-refractivity contribution in [2.45, 2.75) is 108 Å². The van der Waals surface area contributed by atoms with Gasteiger partial charge < -0.3 is 31.0 Å². The summed E-state index contributed by atoms with van der Waals surface area (Å²) in [4.78, 5) is 20.9. The molecule has 4 atom stereocenters. The minimum atomic E-state index is -1.12. The second kappa shape index (κ2) is 10.3. The zero-order chi connectivity index (χ0) is 29.1. The number of imidazole rings is 2. The van der Waals surface area contributed by atoms with Crippen LogP contribution in [0, 0.1) is 5.92 Å². The van der Waals surface area contributed by atoms with Gasteiger partial charge in [0, 0.05) is 18.0 Å². The van der Waals surface area contributed by atoms with Crippen molar-refractivity contribution in [1.29, 1.82) is 0 Å². The maximum absolute atomic E-state index is 11.0. The molecule has 0 bridgehead atoms. The number of hydrogen-bond acceptors (Lipinski definition) is 9. The van der Waals surface area contributed by atoms with E-state index < -0.39 is 24.5 Å². The SMILES string of the molecule is CC(C)NC1(C[C@H]2O[C@@H](n3cnc4c(N)ncnc43)C(O)C2O)CC(CCc2nc3ccc(C(C)(C)C)cc3[nH]2)C1. The molecule has 11 heteroatoms. The van der Waals surface area contributed by atoms with Crippen LogP contribution in [0.4, 0.5) is 5.82 Å². The number of nitrogens with zero attached hydrogens (tertiary/aromatic N) is 5. The Bertz CT molecular complexity index is 1530. The molecule has 0 amide bonds. The average Bonchev–Trinajstić information content (AvgIpc) is 3.57. The molecule has 1 aliphatic carbocycles. The zero-order valence-corrected chi connectivity index (χ0v) is 24.5. The number of nitrogens with two attached hydrogens (primary N) is 1. The third-order valence-electron chi connectivity index (χ3n) is 8.73. The van der Waals surface area contributed by atoms with Crippen LogP contribution < -0.4 is 11.1 Å². The molecule has 41 heavy (non-hydrogen) atoms. The maximum atomic E-state index is 11.0. The monoisotopic (exact) mass is 562 g/mol. The van der Waals surface area contributed by atoms with Gasteiger partial charge in [-0.25, -0.2) is 19.9 Å². The summed E-state index contributed by atoms with van der Waals surface area (Å²) in [7, 11) is 0. The van der Waals surface area contributed by atoms with Gasteiger partial charge in [0.2, 0.25) is 0 Å². The fraction of sp³-hybridized carbons (Fsp3) is 0.600. The molecule has 4 heterocycles. The van der Waals surface area contributed by atoms with E-state index in [0.29, 0.717) is 23.5 Å². The van der Waals surface area contributed by atoms with E-state index in [1.165, 1.54) is 18.2 Å². The number of nitrogens with one attached hydrogen (secondary N) is 2. The van der Waals surface area contributed by atoms with Crippen LogP contribution in [0.5, 0.6) is 0 Å². The molecule has 1 aromatic carbocycles. The molecule has 11 nitrogen and oxygen atoms in total. The number of fused-ring (bicyclic) bond motifs is 2. The van der Waals surface area contributed by atoms with Crippen molar-refractivity contribution in [3.8, 4) is 0 Å². The number of hydrogen-bond donors (Lipinski definition) is 5. The smallest absolute Gasteiger partial charge is 0.167 e.